The zero-order valence-corrected chi connectivity index (χ0v) is 7.88. The molecule has 0 aliphatic rings. The van der Waals surface area contributed by atoms with Gasteiger partial charge in [0.15, 0.2) is 5.65 Å². The summed E-state index contributed by atoms with van der Waals surface area (Å²) in [6.45, 7) is 0. The van der Waals surface area contributed by atoms with Crippen molar-refractivity contribution >= 4 is 11.2 Å². The van der Waals surface area contributed by atoms with Gasteiger partial charge >= 0.3 is 0 Å². The highest BCUT2D eigenvalue weighted by Gasteiger charge is 2.03. The minimum atomic E-state index is 0.802. The maximum absolute atomic E-state index is 4.21. The summed E-state index contributed by atoms with van der Waals surface area (Å²) in [6, 6.07) is 5.87. The largest absolute Gasteiger partial charge is 0.338 e. The van der Waals surface area contributed by atoms with Crippen LogP contribution < -0.4 is 0 Å². The minimum Gasteiger partial charge on any atom is -0.338 e. The fraction of sp³-hybridized carbons (Fsp3) is 0. The van der Waals surface area contributed by atoms with Crippen molar-refractivity contribution in [1.82, 2.24) is 19.9 Å². The van der Waals surface area contributed by atoms with Crippen molar-refractivity contribution in [3.05, 3.63) is 43.0 Å². The monoisotopic (exact) mass is 196 g/mol. The molecule has 0 aliphatic heterocycles. The van der Waals surface area contributed by atoms with Crippen LogP contribution in [-0.4, -0.2) is 19.9 Å². The van der Waals surface area contributed by atoms with Gasteiger partial charge in [0.05, 0.1) is 5.69 Å². The van der Waals surface area contributed by atoms with E-state index in [-0.39, 0.29) is 0 Å². The van der Waals surface area contributed by atoms with E-state index in [9.17, 15) is 0 Å². The van der Waals surface area contributed by atoms with E-state index in [4.69, 9.17) is 0 Å². The van der Waals surface area contributed by atoms with Gasteiger partial charge in [0, 0.05) is 30.4 Å². The molecule has 0 radical (unpaired) electrons. The highest BCUT2D eigenvalue weighted by Crippen LogP contribution is 2.20. The number of fused-ring (bicyclic) bond motifs is 1. The first-order chi connectivity index (χ1) is 7.43. The van der Waals surface area contributed by atoms with E-state index >= 15 is 0 Å². The minimum absolute atomic E-state index is 0.802. The number of pyridine rings is 1. The lowest BCUT2D eigenvalue weighted by Gasteiger charge is -1.93. The van der Waals surface area contributed by atoms with E-state index in [1.54, 1.807) is 18.6 Å². The molecule has 72 valence electrons. The summed E-state index contributed by atoms with van der Waals surface area (Å²) in [4.78, 5) is 15.7. The van der Waals surface area contributed by atoms with E-state index in [2.05, 4.69) is 19.9 Å². The van der Waals surface area contributed by atoms with E-state index in [0.717, 1.165) is 22.4 Å². The zero-order chi connectivity index (χ0) is 10.1. The van der Waals surface area contributed by atoms with Crippen LogP contribution in [0.1, 0.15) is 0 Å². The van der Waals surface area contributed by atoms with Crippen LogP contribution in [0.4, 0.5) is 0 Å². The molecule has 0 unspecified atom stereocenters. The van der Waals surface area contributed by atoms with Crippen LogP contribution in [0.2, 0.25) is 0 Å². The summed E-state index contributed by atoms with van der Waals surface area (Å²) >= 11 is 0. The second kappa shape index (κ2) is 3.16. The van der Waals surface area contributed by atoms with Gasteiger partial charge in [-0.2, -0.15) is 0 Å². The van der Waals surface area contributed by atoms with E-state index in [1.165, 1.54) is 0 Å². The number of hydrogen-bond donors (Lipinski definition) is 1. The molecule has 3 rings (SSSR count). The number of H-pyrrole nitrogens is 1. The summed E-state index contributed by atoms with van der Waals surface area (Å²) in [6.07, 6.45) is 6.92. The normalized spacial score (nSPS) is 10.7. The number of aromatic nitrogens is 4. The Balaban J connectivity index is 2.21. The van der Waals surface area contributed by atoms with E-state index in [0.29, 0.717) is 0 Å². The summed E-state index contributed by atoms with van der Waals surface area (Å²) in [5.41, 5.74) is 3.70. The highest BCUT2D eigenvalue weighted by molar-refractivity contribution is 5.78. The van der Waals surface area contributed by atoms with E-state index in [1.807, 2.05) is 24.4 Å². The molecule has 15 heavy (non-hydrogen) atoms. The lowest BCUT2D eigenvalue weighted by atomic mass is 10.2. The summed E-state index contributed by atoms with van der Waals surface area (Å²) in [5.74, 6) is 0. The molecule has 0 aliphatic carbocycles. The van der Waals surface area contributed by atoms with Crippen LogP contribution in [-0.2, 0) is 0 Å². The molecule has 0 saturated carbocycles. The first kappa shape index (κ1) is 8.11. The van der Waals surface area contributed by atoms with Gasteiger partial charge in [-0.1, -0.05) is 0 Å². The third-order valence-corrected chi connectivity index (χ3v) is 2.23. The summed E-state index contributed by atoms with van der Waals surface area (Å²) < 4.78 is 0. The van der Waals surface area contributed by atoms with Crippen molar-refractivity contribution in [1.29, 1.82) is 0 Å². The number of nitrogens with one attached hydrogen (secondary N) is 1. The van der Waals surface area contributed by atoms with Gasteiger partial charge in [0.25, 0.3) is 0 Å². The second-order valence-corrected chi connectivity index (χ2v) is 3.21. The third-order valence-electron chi connectivity index (χ3n) is 2.23. The molecule has 0 amide bonds. The first-order valence-corrected chi connectivity index (χ1v) is 4.63. The molecule has 0 spiro atoms. The Labute approximate surface area is 86.0 Å². The molecular weight excluding hydrogens is 188 g/mol. The van der Waals surface area contributed by atoms with Crippen molar-refractivity contribution in [2.45, 2.75) is 0 Å². The Morgan fingerprint density at radius 3 is 2.80 bits per heavy atom. The maximum Gasteiger partial charge on any atom is 0.156 e. The predicted octanol–water partition coefficient (Wildman–Crippen LogP) is 2.02. The maximum atomic E-state index is 4.21. The standard InChI is InChI=1S/C11H8N4/c1-2-8(7-12-3-1)9-6-10-11(15-9)14-5-4-13-10/h1-7H,(H,14,15). The Hall–Kier alpha value is -2.23. The van der Waals surface area contributed by atoms with Crippen LogP contribution in [0.25, 0.3) is 22.4 Å². The van der Waals surface area contributed by atoms with Crippen molar-refractivity contribution < 1.29 is 0 Å². The van der Waals surface area contributed by atoms with Crippen molar-refractivity contribution in [3.63, 3.8) is 0 Å². The quantitative estimate of drug-likeness (QED) is 0.647. The molecule has 4 nitrogen and oxygen atoms in total. The molecule has 3 aromatic heterocycles. The van der Waals surface area contributed by atoms with Gasteiger partial charge in [-0.3, -0.25) is 9.97 Å². The van der Waals surface area contributed by atoms with Crippen molar-refractivity contribution in [3.8, 4) is 11.3 Å². The number of nitrogens with zero attached hydrogens (tertiary/aromatic N) is 3. The van der Waals surface area contributed by atoms with Crippen molar-refractivity contribution in [2.75, 3.05) is 0 Å². The van der Waals surface area contributed by atoms with Gasteiger partial charge in [-0.05, 0) is 18.2 Å². The smallest absolute Gasteiger partial charge is 0.156 e. The lowest BCUT2D eigenvalue weighted by molar-refractivity contribution is 1.26. The Kier molecular flexibility index (Phi) is 1.71. The second-order valence-electron chi connectivity index (χ2n) is 3.21. The van der Waals surface area contributed by atoms with Crippen LogP contribution in [0.3, 0.4) is 0 Å². The van der Waals surface area contributed by atoms with Gasteiger partial charge in [0.2, 0.25) is 0 Å². The number of aromatic amines is 1. The fourth-order valence-electron chi connectivity index (χ4n) is 1.53. The molecule has 0 saturated heterocycles. The molecule has 0 fully saturated rings. The average molecular weight is 196 g/mol. The average Bonchev–Trinajstić information content (AvgIpc) is 2.74. The number of rotatable bonds is 1. The summed E-state index contributed by atoms with van der Waals surface area (Å²) in [5, 5.41) is 0. The topological polar surface area (TPSA) is 54.5 Å². The predicted molar refractivity (Wildman–Crippen MR) is 57.1 cm³/mol. The SMILES string of the molecule is c1cncc(-c2cc3nccnc3[nH]2)c1. The molecule has 3 aromatic rings. The highest BCUT2D eigenvalue weighted by atomic mass is 14.9. The lowest BCUT2D eigenvalue weighted by Crippen LogP contribution is -1.78. The number of hydrogen-bond acceptors (Lipinski definition) is 3. The molecule has 4 heteroatoms. The van der Waals surface area contributed by atoms with Crippen LogP contribution in [0.5, 0.6) is 0 Å². The van der Waals surface area contributed by atoms with Crippen LogP contribution in [0.15, 0.2) is 43.0 Å². The molecule has 3 heterocycles. The first-order valence-electron chi connectivity index (χ1n) is 4.63. The van der Waals surface area contributed by atoms with Crippen LogP contribution >= 0.6 is 0 Å². The molecule has 0 atom stereocenters. The Bertz CT molecular complexity index is 553. The molecule has 0 bridgehead atoms. The fourth-order valence-corrected chi connectivity index (χ4v) is 1.53. The van der Waals surface area contributed by atoms with Gasteiger partial charge in [-0.25, -0.2) is 4.98 Å². The Morgan fingerprint density at radius 1 is 1.07 bits per heavy atom. The molecular formula is C11H8N4. The zero-order valence-electron chi connectivity index (χ0n) is 7.88. The molecule has 1 N–H and O–H groups in total. The van der Waals surface area contributed by atoms with Gasteiger partial charge in [0.1, 0.15) is 5.52 Å². The summed E-state index contributed by atoms with van der Waals surface area (Å²) in [7, 11) is 0. The molecule has 0 aromatic carbocycles. The van der Waals surface area contributed by atoms with Gasteiger partial charge < -0.3 is 4.98 Å². The third kappa shape index (κ3) is 1.36. The Morgan fingerprint density at radius 2 is 2.00 bits per heavy atom. The van der Waals surface area contributed by atoms with Gasteiger partial charge in [-0.15, -0.1) is 0 Å². The van der Waals surface area contributed by atoms with E-state index < -0.39 is 0 Å². The van der Waals surface area contributed by atoms with Crippen LogP contribution in [0, 0.1) is 0 Å². The van der Waals surface area contributed by atoms with Crippen molar-refractivity contribution in [2.24, 2.45) is 0 Å².